The predicted molar refractivity (Wildman–Crippen MR) is 139 cm³/mol. The number of aromatic nitrogens is 3. The first-order chi connectivity index (χ1) is 18.6. The van der Waals surface area contributed by atoms with Crippen LogP contribution in [-0.4, -0.2) is 46.9 Å². The molecule has 38 heavy (non-hydrogen) atoms. The highest BCUT2D eigenvalue weighted by atomic mass is 35.5. The number of hydrogen-bond acceptors (Lipinski definition) is 8. The summed E-state index contributed by atoms with van der Waals surface area (Å²) in [7, 11) is 0. The summed E-state index contributed by atoms with van der Waals surface area (Å²) < 4.78 is 31.3. The Bertz CT molecular complexity index is 1420. The van der Waals surface area contributed by atoms with Gasteiger partial charge < -0.3 is 24.8 Å². The number of halogens is 2. The Morgan fingerprint density at radius 1 is 1.11 bits per heavy atom. The average Bonchev–Trinajstić information content (AvgIpc) is 3.47. The minimum absolute atomic E-state index is 0.0927. The number of nitrogens with one attached hydrogen (secondary N) is 2. The molecule has 1 saturated heterocycles. The second-order valence-corrected chi connectivity index (χ2v) is 8.67. The molecule has 194 valence electrons. The lowest BCUT2D eigenvalue weighted by Crippen LogP contribution is -2.33. The Kier molecular flexibility index (Phi) is 8.03. The lowest BCUT2D eigenvalue weighted by Gasteiger charge is -2.16. The molecule has 0 bridgehead atoms. The maximum absolute atomic E-state index is 14.6. The van der Waals surface area contributed by atoms with E-state index in [9.17, 15) is 9.18 Å². The van der Waals surface area contributed by atoms with Crippen LogP contribution in [0.2, 0.25) is 5.02 Å². The summed E-state index contributed by atoms with van der Waals surface area (Å²) in [5, 5.41) is 6.26. The number of pyridine rings is 1. The molecule has 11 heteroatoms. The van der Waals surface area contributed by atoms with E-state index < -0.39 is 12.1 Å². The maximum atomic E-state index is 14.6. The molecule has 0 atom stereocenters. The molecule has 0 spiro atoms. The normalized spacial score (nSPS) is 13.3. The largest absolute Gasteiger partial charge is 0.483 e. The molecule has 0 unspecified atom stereocenters. The smallest absolute Gasteiger partial charge is 0.255 e. The third kappa shape index (κ3) is 6.23. The van der Waals surface area contributed by atoms with E-state index in [1.807, 2.05) is 30.3 Å². The van der Waals surface area contributed by atoms with Crippen LogP contribution in [0, 0.1) is 5.82 Å². The van der Waals surface area contributed by atoms with Gasteiger partial charge in [-0.15, -0.1) is 0 Å². The molecule has 9 nitrogen and oxygen atoms in total. The molecule has 1 amide bonds. The van der Waals surface area contributed by atoms with E-state index >= 15 is 0 Å². The summed E-state index contributed by atoms with van der Waals surface area (Å²) in [4.78, 5) is 25.9. The Labute approximate surface area is 223 Å². The molecular weight excluding hydrogens is 513 g/mol. The Morgan fingerprint density at radius 3 is 2.74 bits per heavy atom. The first-order valence-corrected chi connectivity index (χ1v) is 12.2. The lowest BCUT2D eigenvalue weighted by molar-refractivity contribution is -0.0379. The molecule has 4 aromatic rings. The molecule has 1 aliphatic heterocycles. The molecular formula is C27H23ClFN5O4. The van der Waals surface area contributed by atoms with Crippen molar-refractivity contribution < 1.29 is 23.4 Å². The monoisotopic (exact) mass is 535 g/mol. The van der Waals surface area contributed by atoms with Gasteiger partial charge >= 0.3 is 0 Å². The van der Waals surface area contributed by atoms with Gasteiger partial charge in [-0.1, -0.05) is 41.9 Å². The fourth-order valence-corrected chi connectivity index (χ4v) is 3.88. The molecule has 0 saturated carbocycles. The summed E-state index contributed by atoms with van der Waals surface area (Å²) in [6.07, 6.45) is 3.91. The van der Waals surface area contributed by atoms with Crippen LogP contribution in [0.3, 0.4) is 0 Å². The second kappa shape index (κ2) is 12.0. The summed E-state index contributed by atoms with van der Waals surface area (Å²) in [5.41, 5.74) is 1.73. The zero-order valence-electron chi connectivity index (χ0n) is 20.1. The standard InChI is InChI=1S/C27H23ClFN5O4/c28-18-6-7-21(29)19(12-18)25-31-14-23(38-16-17-4-2-1-3-5-17)26(34-25)33-22-8-9-30-13-20(22)27(35)32-15-24-36-10-11-37-24/h1-9,12-14,24H,10-11,15-16H2,(H,32,35)(H,30,31,33,34). The molecule has 1 aliphatic rings. The molecule has 2 aromatic heterocycles. The summed E-state index contributed by atoms with van der Waals surface area (Å²) in [5.74, 6) is -0.292. The van der Waals surface area contributed by atoms with E-state index in [1.165, 1.54) is 36.8 Å². The van der Waals surface area contributed by atoms with Crippen molar-refractivity contribution in [2.75, 3.05) is 25.1 Å². The van der Waals surface area contributed by atoms with Crippen molar-refractivity contribution >= 4 is 29.0 Å². The van der Waals surface area contributed by atoms with Gasteiger partial charge in [-0.3, -0.25) is 9.78 Å². The fraction of sp³-hybridized carbons (Fsp3) is 0.185. The Balaban J connectivity index is 1.45. The third-order valence-electron chi connectivity index (χ3n) is 5.60. The quantitative estimate of drug-likeness (QED) is 0.316. The van der Waals surface area contributed by atoms with Crippen LogP contribution in [0.1, 0.15) is 15.9 Å². The van der Waals surface area contributed by atoms with E-state index in [1.54, 1.807) is 6.07 Å². The zero-order valence-corrected chi connectivity index (χ0v) is 20.8. The van der Waals surface area contributed by atoms with Gasteiger partial charge in [-0.25, -0.2) is 14.4 Å². The molecule has 3 heterocycles. The lowest BCUT2D eigenvalue weighted by atomic mass is 10.2. The highest BCUT2D eigenvalue weighted by Crippen LogP contribution is 2.31. The third-order valence-corrected chi connectivity index (χ3v) is 5.84. The molecule has 2 N–H and O–H groups in total. The highest BCUT2D eigenvalue weighted by Gasteiger charge is 2.20. The van der Waals surface area contributed by atoms with E-state index in [0.29, 0.717) is 29.7 Å². The SMILES string of the molecule is O=C(NCC1OCCO1)c1cnccc1Nc1nc(-c2cc(Cl)ccc2F)ncc1OCc1ccccc1. The number of carbonyl (C=O) groups is 1. The van der Waals surface area contributed by atoms with Gasteiger partial charge in [-0.05, 0) is 29.8 Å². The van der Waals surface area contributed by atoms with Gasteiger partial charge in [0.05, 0.1) is 42.8 Å². The number of amides is 1. The predicted octanol–water partition coefficient (Wildman–Crippen LogP) is 4.76. The van der Waals surface area contributed by atoms with Crippen molar-refractivity contribution in [1.29, 1.82) is 0 Å². The Morgan fingerprint density at radius 2 is 1.92 bits per heavy atom. The van der Waals surface area contributed by atoms with Gasteiger partial charge in [0.25, 0.3) is 5.91 Å². The van der Waals surface area contributed by atoms with Gasteiger partial charge in [0.2, 0.25) is 0 Å². The van der Waals surface area contributed by atoms with Crippen molar-refractivity contribution in [1.82, 2.24) is 20.3 Å². The molecule has 5 rings (SSSR count). The van der Waals surface area contributed by atoms with Gasteiger partial charge in [0.1, 0.15) is 12.4 Å². The van der Waals surface area contributed by atoms with Crippen molar-refractivity contribution in [3.05, 3.63) is 95.2 Å². The molecule has 0 radical (unpaired) electrons. The number of ether oxygens (including phenoxy) is 3. The van der Waals surface area contributed by atoms with Crippen LogP contribution in [0.4, 0.5) is 15.9 Å². The molecule has 0 aliphatic carbocycles. The average molecular weight is 536 g/mol. The number of carbonyl (C=O) groups excluding carboxylic acids is 1. The van der Waals surface area contributed by atoms with E-state index in [4.69, 9.17) is 25.8 Å². The first kappa shape index (κ1) is 25.5. The second-order valence-electron chi connectivity index (χ2n) is 8.23. The maximum Gasteiger partial charge on any atom is 0.255 e. The van der Waals surface area contributed by atoms with Crippen molar-refractivity contribution in [2.45, 2.75) is 12.9 Å². The van der Waals surface area contributed by atoms with Gasteiger partial charge in [0, 0.05) is 17.4 Å². The van der Waals surface area contributed by atoms with Crippen LogP contribution in [-0.2, 0) is 16.1 Å². The van der Waals surface area contributed by atoms with Crippen molar-refractivity contribution in [3.8, 4) is 17.1 Å². The summed E-state index contributed by atoms with van der Waals surface area (Å²) in [6, 6.07) is 15.3. The van der Waals surface area contributed by atoms with E-state index in [0.717, 1.165) is 5.56 Å². The summed E-state index contributed by atoms with van der Waals surface area (Å²) >= 11 is 6.09. The van der Waals surface area contributed by atoms with Crippen molar-refractivity contribution in [3.63, 3.8) is 0 Å². The van der Waals surface area contributed by atoms with Crippen LogP contribution in [0.15, 0.2) is 73.2 Å². The number of benzene rings is 2. The number of nitrogens with zero attached hydrogens (tertiary/aromatic N) is 3. The molecule has 1 fully saturated rings. The number of hydrogen-bond donors (Lipinski definition) is 2. The van der Waals surface area contributed by atoms with Gasteiger partial charge in [-0.2, -0.15) is 0 Å². The van der Waals surface area contributed by atoms with E-state index in [-0.39, 0.29) is 41.8 Å². The highest BCUT2D eigenvalue weighted by molar-refractivity contribution is 6.30. The number of anilines is 2. The van der Waals surface area contributed by atoms with Crippen LogP contribution in [0.25, 0.3) is 11.4 Å². The fourth-order valence-electron chi connectivity index (χ4n) is 3.71. The van der Waals surface area contributed by atoms with Gasteiger partial charge in [0.15, 0.2) is 23.7 Å². The Hall–Kier alpha value is -4.12. The van der Waals surface area contributed by atoms with Crippen LogP contribution in [0.5, 0.6) is 5.75 Å². The first-order valence-electron chi connectivity index (χ1n) is 11.8. The zero-order chi connectivity index (χ0) is 26.3. The minimum Gasteiger partial charge on any atom is -0.483 e. The van der Waals surface area contributed by atoms with Crippen LogP contribution >= 0.6 is 11.6 Å². The summed E-state index contributed by atoms with van der Waals surface area (Å²) in [6.45, 7) is 1.39. The van der Waals surface area contributed by atoms with Crippen molar-refractivity contribution in [2.24, 2.45) is 0 Å². The minimum atomic E-state index is -0.529. The molecule has 2 aromatic carbocycles. The topological polar surface area (TPSA) is 107 Å². The number of rotatable bonds is 9. The van der Waals surface area contributed by atoms with E-state index in [2.05, 4.69) is 25.6 Å². The van der Waals surface area contributed by atoms with Crippen LogP contribution < -0.4 is 15.4 Å².